The first-order valence-corrected chi connectivity index (χ1v) is 9.79. The van der Waals surface area contributed by atoms with Gasteiger partial charge in [-0.25, -0.2) is 15.0 Å². The SMILES string of the molecule is C1=Cc2cc3ccc(cc4nc(cc5ccc(cc1n2)[nH]5)C=C4)[nH]3.O=[N+]([O-])c1ncc[nH]1. The Morgan fingerprint density at radius 2 is 1.09 bits per heavy atom. The van der Waals surface area contributed by atoms with Crippen molar-refractivity contribution in [2.75, 3.05) is 0 Å². The first-order chi connectivity index (χ1) is 15.6. The number of imidazole rings is 1. The Morgan fingerprint density at radius 1 is 0.688 bits per heavy atom. The lowest BCUT2D eigenvalue weighted by Gasteiger charge is -1.85. The number of H-pyrrole nitrogens is 3. The van der Waals surface area contributed by atoms with Gasteiger partial charge >= 0.3 is 5.95 Å². The Morgan fingerprint density at radius 3 is 1.38 bits per heavy atom. The van der Waals surface area contributed by atoms with Crippen LogP contribution in [-0.4, -0.2) is 34.8 Å². The molecule has 0 atom stereocenters. The molecule has 2 aliphatic heterocycles. The number of hydrogen-bond donors (Lipinski definition) is 3. The van der Waals surface area contributed by atoms with Crippen LogP contribution < -0.4 is 0 Å². The summed E-state index contributed by atoms with van der Waals surface area (Å²) in [7, 11) is 0. The molecule has 6 heterocycles. The number of nitro groups is 1. The van der Waals surface area contributed by atoms with Crippen LogP contribution in [0.25, 0.3) is 46.4 Å². The van der Waals surface area contributed by atoms with Crippen molar-refractivity contribution in [3.05, 3.63) is 93.8 Å². The third-order valence-electron chi connectivity index (χ3n) is 4.70. The molecule has 0 saturated carbocycles. The molecule has 4 aromatic rings. The summed E-state index contributed by atoms with van der Waals surface area (Å²) in [4.78, 5) is 30.9. The van der Waals surface area contributed by atoms with E-state index in [2.05, 4.69) is 54.2 Å². The molecule has 0 saturated heterocycles. The van der Waals surface area contributed by atoms with Crippen LogP contribution in [0.5, 0.6) is 0 Å². The number of nitrogens with zero attached hydrogens (tertiary/aromatic N) is 4. The fourth-order valence-electron chi connectivity index (χ4n) is 3.30. The highest BCUT2D eigenvalue weighted by Crippen LogP contribution is 2.16. The third kappa shape index (κ3) is 4.36. The van der Waals surface area contributed by atoms with E-state index in [0.29, 0.717) is 0 Å². The van der Waals surface area contributed by atoms with Crippen molar-refractivity contribution in [1.82, 2.24) is 29.9 Å². The lowest BCUT2D eigenvalue weighted by molar-refractivity contribution is -0.393. The van der Waals surface area contributed by atoms with Gasteiger partial charge in [0.05, 0.1) is 29.0 Å². The topological polar surface area (TPSA) is 129 Å². The van der Waals surface area contributed by atoms with Gasteiger partial charge in [0, 0.05) is 22.1 Å². The number of aromatic nitrogens is 6. The molecule has 6 rings (SSSR count). The number of rotatable bonds is 1. The van der Waals surface area contributed by atoms with E-state index in [0.717, 1.165) is 44.8 Å². The van der Waals surface area contributed by atoms with Crippen molar-refractivity contribution in [3.63, 3.8) is 0 Å². The molecule has 0 aliphatic carbocycles. The Labute approximate surface area is 181 Å². The molecule has 9 nitrogen and oxygen atoms in total. The van der Waals surface area contributed by atoms with E-state index in [1.165, 1.54) is 12.4 Å². The van der Waals surface area contributed by atoms with Gasteiger partial charge in [-0.2, -0.15) is 0 Å². The molecule has 0 fully saturated rings. The minimum Gasteiger partial charge on any atom is -0.390 e. The van der Waals surface area contributed by atoms with Crippen molar-refractivity contribution in [1.29, 1.82) is 0 Å². The van der Waals surface area contributed by atoms with Crippen molar-refractivity contribution in [2.45, 2.75) is 0 Å². The minimum absolute atomic E-state index is 0.218. The molecule has 0 amide bonds. The number of nitrogens with one attached hydrogen (secondary N) is 3. The minimum atomic E-state index is -0.583. The van der Waals surface area contributed by atoms with Crippen molar-refractivity contribution < 1.29 is 4.92 Å². The Balaban J connectivity index is 0.000000230. The largest absolute Gasteiger partial charge is 0.432 e. The van der Waals surface area contributed by atoms with Gasteiger partial charge in [-0.05, 0) is 77.8 Å². The average Bonchev–Trinajstić information content (AvgIpc) is 3.56. The first kappa shape index (κ1) is 19.2. The molecule has 2 aliphatic rings. The predicted molar refractivity (Wildman–Crippen MR) is 124 cm³/mol. The fraction of sp³-hybridized carbons (Fsp3) is 0. The van der Waals surface area contributed by atoms with Gasteiger partial charge in [0.25, 0.3) is 0 Å². The summed E-state index contributed by atoms with van der Waals surface area (Å²) in [5, 5.41) is 9.77. The molecule has 0 unspecified atom stereocenters. The highest BCUT2D eigenvalue weighted by atomic mass is 16.6. The van der Waals surface area contributed by atoms with Crippen molar-refractivity contribution >= 4 is 52.3 Å². The normalized spacial score (nSPS) is 11.8. The second-order valence-electron chi connectivity index (χ2n) is 7.08. The number of aromatic amines is 3. The molecular formula is C23H17N7O2. The quantitative estimate of drug-likeness (QED) is 0.254. The molecule has 32 heavy (non-hydrogen) atoms. The van der Waals surface area contributed by atoms with E-state index >= 15 is 0 Å². The van der Waals surface area contributed by atoms with Gasteiger partial charge in [0.1, 0.15) is 6.20 Å². The van der Waals surface area contributed by atoms with Gasteiger partial charge in [-0.3, -0.25) is 0 Å². The van der Waals surface area contributed by atoms with Gasteiger partial charge in [0.2, 0.25) is 0 Å². The van der Waals surface area contributed by atoms with Crippen LogP contribution in [-0.2, 0) is 0 Å². The summed E-state index contributed by atoms with van der Waals surface area (Å²) in [6.45, 7) is 0. The van der Waals surface area contributed by atoms with Gasteiger partial charge in [-0.15, -0.1) is 0 Å². The zero-order valence-electron chi connectivity index (χ0n) is 16.7. The summed E-state index contributed by atoms with van der Waals surface area (Å²) in [5.74, 6) is -0.218. The van der Waals surface area contributed by atoms with Crippen LogP contribution in [0.3, 0.4) is 0 Å². The van der Waals surface area contributed by atoms with E-state index in [9.17, 15) is 10.1 Å². The van der Waals surface area contributed by atoms with Crippen LogP contribution in [0, 0.1) is 10.1 Å². The van der Waals surface area contributed by atoms with Crippen LogP contribution in [0.15, 0.2) is 60.9 Å². The van der Waals surface area contributed by atoms with E-state index in [4.69, 9.17) is 0 Å². The van der Waals surface area contributed by atoms with E-state index in [1.807, 2.05) is 48.6 Å². The van der Waals surface area contributed by atoms with Gasteiger partial charge < -0.3 is 20.1 Å². The number of hydrogen-bond acceptors (Lipinski definition) is 5. The molecule has 156 valence electrons. The van der Waals surface area contributed by atoms with Crippen LogP contribution in [0.1, 0.15) is 22.8 Å². The summed E-state index contributed by atoms with van der Waals surface area (Å²) in [5.41, 5.74) is 7.86. The molecule has 0 spiro atoms. The Kier molecular flexibility index (Phi) is 4.89. The van der Waals surface area contributed by atoms with E-state index in [-0.39, 0.29) is 5.95 Å². The molecular weight excluding hydrogens is 406 g/mol. The van der Waals surface area contributed by atoms with Crippen LogP contribution in [0.4, 0.5) is 5.95 Å². The van der Waals surface area contributed by atoms with Crippen LogP contribution >= 0.6 is 0 Å². The maximum Gasteiger partial charge on any atom is 0.432 e. The van der Waals surface area contributed by atoms with Gasteiger partial charge in [-0.1, -0.05) is 4.98 Å². The lowest BCUT2D eigenvalue weighted by Crippen LogP contribution is -1.88. The molecule has 8 bridgehead atoms. The molecule has 9 heteroatoms. The lowest BCUT2D eigenvalue weighted by atomic mass is 10.3. The van der Waals surface area contributed by atoms with Gasteiger partial charge in [0.15, 0.2) is 0 Å². The molecule has 3 N–H and O–H groups in total. The monoisotopic (exact) mass is 423 g/mol. The first-order valence-electron chi connectivity index (χ1n) is 9.79. The Hall–Kier alpha value is -4.79. The summed E-state index contributed by atoms with van der Waals surface area (Å²) in [6, 6.07) is 16.4. The van der Waals surface area contributed by atoms with E-state index < -0.39 is 4.92 Å². The van der Waals surface area contributed by atoms with Crippen molar-refractivity contribution in [2.24, 2.45) is 0 Å². The second-order valence-corrected chi connectivity index (χ2v) is 7.08. The standard InChI is InChI=1S/C20H14N4.C3H3N3O2/c1-2-14-10-16-5-6-18(23-16)12-20-8-7-19(24-20)11-17-4-3-15(22-17)9-13(1)21-14;7-6(8)3-4-1-2-5-3/h1-12,21,24H;1-2H,(H,4,5). The maximum atomic E-state index is 9.77. The molecule has 4 aromatic heterocycles. The number of fused-ring (bicyclic) bond motifs is 8. The van der Waals surface area contributed by atoms with E-state index in [1.54, 1.807) is 0 Å². The zero-order valence-corrected chi connectivity index (χ0v) is 16.7. The second kappa shape index (κ2) is 8.15. The summed E-state index contributed by atoms with van der Waals surface area (Å²) < 4.78 is 0. The summed E-state index contributed by atoms with van der Waals surface area (Å²) in [6.07, 6.45) is 10.8. The average molecular weight is 423 g/mol. The van der Waals surface area contributed by atoms with Crippen molar-refractivity contribution in [3.8, 4) is 0 Å². The highest BCUT2D eigenvalue weighted by molar-refractivity contribution is 5.77. The third-order valence-corrected chi connectivity index (χ3v) is 4.70. The summed E-state index contributed by atoms with van der Waals surface area (Å²) >= 11 is 0. The predicted octanol–water partition coefficient (Wildman–Crippen LogP) is 4.97. The highest BCUT2D eigenvalue weighted by Gasteiger charge is 2.02. The zero-order chi connectivity index (χ0) is 21.9. The van der Waals surface area contributed by atoms with Crippen LogP contribution in [0.2, 0.25) is 0 Å². The molecule has 0 aromatic carbocycles. The maximum absolute atomic E-state index is 9.77. The molecule has 0 radical (unpaired) electrons. The Bertz CT molecular complexity index is 1330. The fourth-order valence-corrected chi connectivity index (χ4v) is 3.30. The smallest absolute Gasteiger partial charge is 0.390 e.